The fourth-order valence-corrected chi connectivity index (χ4v) is 3.30. The van der Waals surface area contributed by atoms with Gasteiger partial charge in [0.2, 0.25) is 5.91 Å². The van der Waals surface area contributed by atoms with E-state index in [9.17, 15) is 14.0 Å². The lowest BCUT2D eigenvalue weighted by Gasteiger charge is -2.20. The van der Waals surface area contributed by atoms with Gasteiger partial charge >= 0.3 is 0 Å². The van der Waals surface area contributed by atoms with Crippen molar-refractivity contribution >= 4 is 23.2 Å². The topological polar surface area (TPSA) is 70.6 Å². The van der Waals surface area contributed by atoms with Crippen LogP contribution in [0.25, 0.3) is 0 Å². The number of nitrogens with zero attached hydrogens (tertiary/aromatic N) is 1. The Morgan fingerprint density at radius 2 is 1.71 bits per heavy atom. The van der Waals surface area contributed by atoms with Gasteiger partial charge in [-0.25, -0.2) is 9.82 Å². The lowest BCUT2D eigenvalue weighted by Crippen LogP contribution is -2.24. The van der Waals surface area contributed by atoms with Crippen molar-refractivity contribution in [1.82, 2.24) is 5.43 Å². The molecule has 1 aliphatic carbocycles. The van der Waals surface area contributed by atoms with E-state index in [4.69, 9.17) is 0 Å². The second kappa shape index (κ2) is 9.26. The average molecular weight is 381 g/mol. The monoisotopic (exact) mass is 381 g/mol. The first-order valence-electron chi connectivity index (χ1n) is 9.54. The maximum Gasteiger partial charge on any atom is 0.271 e. The van der Waals surface area contributed by atoms with Crippen LogP contribution in [0.1, 0.15) is 54.9 Å². The summed E-state index contributed by atoms with van der Waals surface area (Å²) < 4.78 is 13.2. The van der Waals surface area contributed by atoms with E-state index in [1.54, 1.807) is 6.92 Å². The maximum absolute atomic E-state index is 13.2. The number of anilines is 1. The first-order chi connectivity index (χ1) is 13.5. The lowest BCUT2D eigenvalue weighted by molar-refractivity contribution is -0.120. The van der Waals surface area contributed by atoms with Crippen LogP contribution >= 0.6 is 0 Å². The second-order valence-electron chi connectivity index (χ2n) is 7.05. The number of hydrazone groups is 1. The highest BCUT2D eigenvalue weighted by molar-refractivity contribution is 6.01. The number of amides is 2. The molecule has 2 N–H and O–H groups in total. The smallest absolute Gasteiger partial charge is 0.271 e. The number of rotatable bonds is 5. The van der Waals surface area contributed by atoms with Gasteiger partial charge in [-0.3, -0.25) is 9.59 Å². The van der Waals surface area contributed by atoms with Crippen LogP contribution in [0.15, 0.2) is 53.6 Å². The molecule has 0 bridgehead atoms. The molecule has 0 heterocycles. The molecule has 28 heavy (non-hydrogen) atoms. The van der Waals surface area contributed by atoms with Crippen LogP contribution < -0.4 is 10.7 Å². The van der Waals surface area contributed by atoms with Gasteiger partial charge in [-0.1, -0.05) is 37.5 Å². The zero-order valence-corrected chi connectivity index (χ0v) is 15.9. The zero-order valence-electron chi connectivity index (χ0n) is 15.9. The highest BCUT2D eigenvalue weighted by Gasteiger charge is 2.20. The SMILES string of the molecule is C/C(=N/NC(=O)c1cccc(F)c1)c1ccc(NC(=O)C2CCCCC2)cc1. The largest absolute Gasteiger partial charge is 0.326 e. The summed E-state index contributed by atoms with van der Waals surface area (Å²) in [6.45, 7) is 1.77. The van der Waals surface area contributed by atoms with Crippen molar-refractivity contribution in [2.45, 2.75) is 39.0 Å². The summed E-state index contributed by atoms with van der Waals surface area (Å²) in [5.41, 5.74) is 4.80. The Morgan fingerprint density at radius 1 is 1.00 bits per heavy atom. The van der Waals surface area contributed by atoms with E-state index in [0.29, 0.717) is 5.71 Å². The zero-order chi connectivity index (χ0) is 19.9. The molecule has 0 saturated heterocycles. The first kappa shape index (κ1) is 19.7. The number of hydrogen-bond donors (Lipinski definition) is 2. The van der Waals surface area contributed by atoms with E-state index in [0.717, 1.165) is 43.0 Å². The van der Waals surface area contributed by atoms with Gasteiger partial charge in [-0.05, 0) is 55.7 Å². The standard InChI is InChI=1S/C22H24FN3O2/c1-15(25-26-22(28)18-8-5-9-19(23)14-18)16-10-12-20(13-11-16)24-21(27)17-6-3-2-4-7-17/h5,8-14,17H,2-4,6-7H2,1H3,(H,24,27)(H,26,28)/b25-15-. The van der Waals surface area contributed by atoms with Crippen LogP contribution in [0.5, 0.6) is 0 Å². The Hall–Kier alpha value is -3.02. The molecule has 2 amide bonds. The molecule has 6 heteroatoms. The van der Waals surface area contributed by atoms with Gasteiger partial charge in [0.05, 0.1) is 5.71 Å². The van der Waals surface area contributed by atoms with Gasteiger partial charge in [-0.15, -0.1) is 0 Å². The molecule has 1 aliphatic rings. The van der Waals surface area contributed by atoms with Crippen molar-refractivity contribution in [3.05, 3.63) is 65.5 Å². The Labute approximate surface area is 164 Å². The average Bonchev–Trinajstić information content (AvgIpc) is 2.73. The molecule has 0 spiro atoms. The van der Waals surface area contributed by atoms with Crippen molar-refractivity contribution in [3.8, 4) is 0 Å². The van der Waals surface area contributed by atoms with Crippen LogP contribution in [-0.4, -0.2) is 17.5 Å². The van der Waals surface area contributed by atoms with E-state index >= 15 is 0 Å². The highest BCUT2D eigenvalue weighted by Crippen LogP contribution is 2.25. The Morgan fingerprint density at radius 3 is 2.39 bits per heavy atom. The van der Waals surface area contributed by atoms with E-state index in [1.807, 2.05) is 24.3 Å². The van der Waals surface area contributed by atoms with Gasteiger partial charge in [0.15, 0.2) is 0 Å². The molecule has 0 atom stereocenters. The van der Waals surface area contributed by atoms with E-state index in [2.05, 4.69) is 15.8 Å². The highest BCUT2D eigenvalue weighted by atomic mass is 19.1. The normalized spacial score (nSPS) is 15.1. The molecule has 2 aromatic carbocycles. The molecule has 146 valence electrons. The van der Waals surface area contributed by atoms with Crippen molar-refractivity contribution in [1.29, 1.82) is 0 Å². The summed E-state index contributed by atoms with van der Waals surface area (Å²) in [6.07, 6.45) is 5.37. The first-order valence-corrected chi connectivity index (χ1v) is 9.54. The fourth-order valence-electron chi connectivity index (χ4n) is 3.30. The van der Waals surface area contributed by atoms with Crippen molar-refractivity contribution in [3.63, 3.8) is 0 Å². The Bertz CT molecular complexity index is 872. The molecule has 1 saturated carbocycles. The van der Waals surface area contributed by atoms with E-state index in [-0.39, 0.29) is 17.4 Å². The van der Waals surface area contributed by atoms with Gasteiger partial charge in [0.1, 0.15) is 5.82 Å². The number of carbonyl (C=O) groups excluding carboxylic acids is 2. The van der Waals surface area contributed by atoms with Gasteiger partial charge < -0.3 is 5.32 Å². The minimum atomic E-state index is -0.477. The number of nitrogens with one attached hydrogen (secondary N) is 2. The maximum atomic E-state index is 13.2. The number of benzene rings is 2. The molecule has 5 nitrogen and oxygen atoms in total. The Balaban J connectivity index is 1.58. The number of halogens is 1. The van der Waals surface area contributed by atoms with Crippen LogP contribution in [-0.2, 0) is 4.79 Å². The molecular weight excluding hydrogens is 357 g/mol. The summed E-state index contributed by atoms with van der Waals surface area (Å²) in [4.78, 5) is 24.3. The third-order valence-corrected chi connectivity index (χ3v) is 4.96. The van der Waals surface area contributed by atoms with Crippen LogP contribution in [0.4, 0.5) is 10.1 Å². The predicted octanol–water partition coefficient (Wildman–Crippen LogP) is 4.50. The van der Waals surface area contributed by atoms with Crippen molar-refractivity contribution < 1.29 is 14.0 Å². The van der Waals surface area contributed by atoms with Gasteiger partial charge in [0, 0.05) is 17.2 Å². The van der Waals surface area contributed by atoms with E-state index in [1.165, 1.54) is 24.6 Å². The number of hydrogen-bond acceptors (Lipinski definition) is 3. The molecule has 3 rings (SSSR count). The molecule has 0 aromatic heterocycles. The second-order valence-corrected chi connectivity index (χ2v) is 7.05. The summed E-state index contributed by atoms with van der Waals surface area (Å²) in [5, 5.41) is 7.04. The Kier molecular flexibility index (Phi) is 6.53. The quantitative estimate of drug-likeness (QED) is 0.591. The molecular formula is C22H24FN3O2. The molecule has 1 fully saturated rings. The lowest BCUT2D eigenvalue weighted by atomic mass is 9.88. The summed E-state index contributed by atoms with van der Waals surface area (Å²) in [6, 6.07) is 12.7. The van der Waals surface area contributed by atoms with Crippen LogP contribution in [0.2, 0.25) is 0 Å². The summed E-state index contributed by atoms with van der Waals surface area (Å²) >= 11 is 0. The number of carbonyl (C=O) groups is 2. The van der Waals surface area contributed by atoms with Crippen molar-refractivity contribution in [2.75, 3.05) is 5.32 Å². The molecule has 0 aliphatic heterocycles. The predicted molar refractivity (Wildman–Crippen MR) is 108 cm³/mol. The van der Waals surface area contributed by atoms with Crippen LogP contribution in [0, 0.1) is 11.7 Å². The molecule has 0 unspecified atom stereocenters. The van der Waals surface area contributed by atoms with E-state index < -0.39 is 11.7 Å². The minimum Gasteiger partial charge on any atom is -0.326 e. The molecule has 0 radical (unpaired) electrons. The third kappa shape index (κ3) is 5.25. The molecule has 2 aromatic rings. The van der Waals surface area contributed by atoms with Gasteiger partial charge in [-0.2, -0.15) is 5.10 Å². The third-order valence-electron chi connectivity index (χ3n) is 4.96. The van der Waals surface area contributed by atoms with Crippen LogP contribution in [0.3, 0.4) is 0 Å². The minimum absolute atomic E-state index is 0.0835. The van der Waals surface area contributed by atoms with Gasteiger partial charge in [0.25, 0.3) is 5.91 Å². The summed E-state index contributed by atoms with van der Waals surface area (Å²) in [7, 11) is 0. The summed E-state index contributed by atoms with van der Waals surface area (Å²) in [5.74, 6) is -0.760. The fraction of sp³-hybridized carbons (Fsp3) is 0.318. The van der Waals surface area contributed by atoms with Crippen molar-refractivity contribution in [2.24, 2.45) is 11.0 Å².